The number of thiophene rings is 1. The van der Waals surface area contributed by atoms with Crippen molar-refractivity contribution in [2.45, 2.75) is 49.8 Å². The predicted molar refractivity (Wildman–Crippen MR) is 133 cm³/mol. The van der Waals surface area contributed by atoms with Crippen molar-refractivity contribution in [2.75, 3.05) is 6.54 Å². The lowest BCUT2D eigenvalue weighted by molar-refractivity contribution is 0.477. The lowest BCUT2D eigenvalue weighted by Crippen LogP contribution is -2.33. The molecule has 1 aromatic heterocycles. The molecule has 0 unspecified atom stereocenters. The fourth-order valence-corrected chi connectivity index (χ4v) is 9.57. The summed E-state index contributed by atoms with van der Waals surface area (Å²) < 4.78 is 91.5. The van der Waals surface area contributed by atoms with Gasteiger partial charge < -0.3 is 5.32 Å². The van der Waals surface area contributed by atoms with Gasteiger partial charge in [-0.15, -0.1) is 11.3 Å². The summed E-state index contributed by atoms with van der Waals surface area (Å²) in [6, 6.07) is 2.92. The normalized spacial score (nSPS) is 20.0. The molecule has 0 saturated heterocycles. The molecule has 19 heteroatoms. The predicted octanol–water partition coefficient (Wildman–Crippen LogP) is 0.900. The van der Waals surface area contributed by atoms with Gasteiger partial charge >= 0.3 is 0 Å². The SMILES string of the molecule is CCN[C@H]1C[C@H](C)S(=O)(=O)c2sc(S(N)(=O)=O)cc21.NS(=O)(=O)c1cc(Cl)c(Cl)c(S(N)(=O)=O)c1. The molecule has 1 aliphatic heterocycles. The molecule has 2 heterocycles. The Kier molecular flexibility index (Phi) is 9.10. The molecule has 0 spiro atoms. The second kappa shape index (κ2) is 10.5. The third-order valence-corrected chi connectivity index (χ3v) is 12.8. The van der Waals surface area contributed by atoms with Crippen molar-refractivity contribution < 1.29 is 33.7 Å². The zero-order valence-corrected chi connectivity index (χ0v) is 23.7. The van der Waals surface area contributed by atoms with Gasteiger partial charge in [0.1, 0.15) is 13.3 Å². The van der Waals surface area contributed by atoms with Gasteiger partial charge in [0.25, 0.3) is 0 Å². The summed E-state index contributed by atoms with van der Waals surface area (Å²) in [4.78, 5) is -1.07. The minimum Gasteiger partial charge on any atom is -0.310 e. The Labute approximate surface area is 217 Å². The molecule has 0 amide bonds. The van der Waals surface area contributed by atoms with Crippen molar-refractivity contribution in [3.05, 3.63) is 33.8 Å². The van der Waals surface area contributed by atoms with Crippen LogP contribution in [0.15, 0.2) is 36.4 Å². The van der Waals surface area contributed by atoms with Gasteiger partial charge in [-0.1, -0.05) is 30.1 Å². The average Bonchev–Trinajstić information content (AvgIpc) is 3.14. The number of sulfonamides is 3. The highest BCUT2D eigenvalue weighted by Gasteiger charge is 2.39. The maximum Gasteiger partial charge on any atom is 0.247 e. The third kappa shape index (κ3) is 6.92. The van der Waals surface area contributed by atoms with E-state index in [-0.39, 0.29) is 24.5 Å². The molecule has 7 N–H and O–H groups in total. The van der Waals surface area contributed by atoms with E-state index in [9.17, 15) is 33.7 Å². The fraction of sp³-hybridized carbons (Fsp3) is 0.375. The molecule has 1 aliphatic rings. The molecule has 198 valence electrons. The number of hydrogen-bond acceptors (Lipinski definition) is 10. The Morgan fingerprint density at radius 3 is 2.03 bits per heavy atom. The number of halogens is 2. The summed E-state index contributed by atoms with van der Waals surface area (Å²) in [5, 5.41) is 16.8. The maximum atomic E-state index is 12.2. The van der Waals surface area contributed by atoms with Crippen LogP contribution in [0, 0.1) is 0 Å². The summed E-state index contributed by atoms with van der Waals surface area (Å²) in [6.07, 6.45) is 0.434. The van der Waals surface area contributed by atoms with E-state index in [0.29, 0.717) is 18.5 Å². The quantitative estimate of drug-likeness (QED) is 0.368. The molecule has 12 nitrogen and oxygen atoms in total. The lowest BCUT2D eigenvalue weighted by atomic mass is 10.1. The average molecular weight is 630 g/mol. The number of fused-ring (bicyclic) bond motifs is 1. The van der Waals surface area contributed by atoms with E-state index >= 15 is 0 Å². The van der Waals surface area contributed by atoms with E-state index in [1.54, 1.807) is 6.92 Å². The summed E-state index contributed by atoms with van der Waals surface area (Å²) in [6.45, 7) is 4.23. The molecule has 0 aliphatic carbocycles. The van der Waals surface area contributed by atoms with Crippen LogP contribution < -0.4 is 20.7 Å². The van der Waals surface area contributed by atoms with Crippen LogP contribution in [-0.4, -0.2) is 45.5 Å². The number of nitrogens with two attached hydrogens (primary N) is 3. The van der Waals surface area contributed by atoms with Crippen LogP contribution in [-0.2, 0) is 39.9 Å². The number of rotatable bonds is 5. The molecule has 3 rings (SSSR count). The molecule has 0 saturated carbocycles. The minimum atomic E-state index is -4.18. The molecule has 0 radical (unpaired) electrons. The summed E-state index contributed by atoms with van der Waals surface area (Å²) >= 11 is 11.9. The van der Waals surface area contributed by atoms with E-state index in [0.717, 1.165) is 23.5 Å². The van der Waals surface area contributed by atoms with Crippen LogP contribution >= 0.6 is 34.5 Å². The largest absolute Gasteiger partial charge is 0.310 e. The minimum absolute atomic E-state index is 0.0990. The van der Waals surface area contributed by atoms with Crippen molar-refractivity contribution >= 4 is 74.4 Å². The number of nitrogens with one attached hydrogen (secondary N) is 1. The Morgan fingerprint density at radius 2 is 1.57 bits per heavy atom. The van der Waals surface area contributed by atoms with Crippen molar-refractivity contribution in [2.24, 2.45) is 15.4 Å². The van der Waals surface area contributed by atoms with Gasteiger partial charge in [-0.2, -0.15) is 0 Å². The molecule has 35 heavy (non-hydrogen) atoms. The number of benzene rings is 1. The van der Waals surface area contributed by atoms with E-state index in [4.69, 9.17) is 38.6 Å². The van der Waals surface area contributed by atoms with Crippen LogP contribution in [0.5, 0.6) is 0 Å². The number of primary sulfonamides is 3. The molecule has 2 atom stereocenters. The highest BCUT2D eigenvalue weighted by atomic mass is 35.5. The second-order valence-electron chi connectivity index (χ2n) is 7.36. The molecule has 0 fully saturated rings. The van der Waals surface area contributed by atoms with E-state index in [1.807, 2.05) is 6.92 Å². The summed E-state index contributed by atoms with van der Waals surface area (Å²) in [5.41, 5.74) is 0.522. The van der Waals surface area contributed by atoms with Crippen LogP contribution in [0.3, 0.4) is 0 Å². The van der Waals surface area contributed by atoms with Crippen molar-refractivity contribution in [1.29, 1.82) is 0 Å². The Morgan fingerprint density at radius 1 is 1.00 bits per heavy atom. The van der Waals surface area contributed by atoms with Crippen LogP contribution in [0.25, 0.3) is 0 Å². The van der Waals surface area contributed by atoms with Gasteiger partial charge in [-0.3, -0.25) is 0 Å². The Balaban J connectivity index is 0.000000251. The van der Waals surface area contributed by atoms with E-state index < -0.39 is 54.9 Å². The zero-order valence-electron chi connectivity index (χ0n) is 18.1. The molecular formula is C16H22Cl2N4O8S5. The fourth-order valence-electron chi connectivity index (χ4n) is 3.09. The number of hydrogen-bond donors (Lipinski definition) is 4. The monoisotopic (exact) mass is 628 g/mol. The molecular weight excluding hydrogens is 607 g/mol. The van der Waals surface area contributed by atoms with Gasteiger partial charge in [0.2, 0.25) is 30.1 Å². The van der Waals surface area contributed by atoms with Crippen molar-refractivity contribution in [1.82, 2.24) is 5.32 Å². The highest BCUT2D eigenvalue weighted by Crippen LogP contribution is 2.42. The van der Waals surface area contributed by atoms with Crippen molar-refractivity contribution in [3.8, 4) is 0 Å². The smallest absolute Gasteiger partial charge is 0.247 e. The first kappa shape index (κ1) is 30.4. The standard InChI is InChI=1S/C10H16N2O4S3.C6H6Cl2N2O4S2/c1-3-12-8-4-6(2)18(13,14)10-7(8)5-9(17-10)19(11,15)16;7-4-1-3(15(9,11)12)2-5(6(4)8)16(10,13)14/h5-6,8,12H,3-4H2,1-2H3,(H2,11,15,16);1-2H,(H2,9,11,12)(H2,10,13,14)/t6-,8-;/m0./s1. The van der Waals surface area contributed by atoms with Gasteiger partial charge in [-0.05, 0) is 38.1 Å². The first-order valence-corrected chi connectivity index (χ1v) is 17.2. The molecule has 1 aromatic carbocycles. The first-order valence-electron chi connectivity index (χ1n) is 9.39. The summed E-state index contributed by atoms with van der Waals surface area (Å²) in [7, 11) is -15.6. The van der Waals surface area contributed by atoms with Crippen molar-refractivity contribution in [3.63, 3.8) is 0 Å². The van der Waals surface area contributed by atoms with Gasteiger partial charge in [0.05, 0.1) is 20.2 Å². The maximum absolute atomic E-state index is 12.2. The molecule has 0 bridgehead atoms. The Hall–Kier alpha value is -0.860. The summed E-state index contributed by atoms with van der Waals surface area (Å²) in [5.74, 6) is 0. The van der Waals surface area contributed by atoms with Crippen LogP contribution in [0.4, 0.5) is 0 Å². The van der Waals surface area contributed by atoms with Gasteiger partial charge in [-0.25, -0.2) is 49.1 Å². The number of sulfone groups is 1. The van der Waals surface area contributed by atoms with Crippen LogP contribution in [0.2, 0.25) is 10.0 Å². The van der Waals surface area contributed by atoms with E-state index in [1.165, 1.54) is 6.07 Å². The lowest BCUT2D eigenvalue weighted by Gasteiger charge is -2.27. The van der Waals surface area contributed by atoms with E-state index in [2.05, 4.69) is 5.32 Å². The third-order valence-electron chi connectivity index (χ3n) is 4.77. The second-order valence-corrected chi connectivity index (χ2v) is 16.6. The van der Waals surface area contributed by atoms with Gasteiger partial charge in [0, 0.05) is 11.6 Å². The first-order chi connectivity index (χ1) is 15.7. The molecule has 2 aromatic rings. The highest BCUT2D eigenvalue weighted by molar-refractivity contribution is 7.95. The Bertz CT molecular complexity index is 1570. The zero-order chi connectivity index (χ0) is 27.1. The topological polar surface area (TPSA) is 227 Å². The van der Waals surface area contributed by atoms with Gasteiger partial charge in [0.15, 0.2) is 9.84 Å². The van der Waals surface area contributed by atoms with Crippen LogP contribution in [0.1, 0.15) is 31.9 Å².